The van der Waals surface area contributed by atoms with Gasteiger partial charge in [-0.05, 0) is 25.9 Å². The van der Waals surface area contributed by atoms with E-state index < -0.39 is 36.7 Å². The van der Waals surface area contributed by atoms with E-state index in [9.17, 15) is 39.6 Å². The van der Waals surface area contributed by atoms with Crippen LogP contribution in [0.4, 0.5) is 0 Å². The maximum atomic E-state index is 9.28. The van der Waals surface area contributed by atoms with E-state index in [1.165, 1.54) is 0 Å². The van der Waals surface area contributed by atoms with Crippen LogP contribution in [0.25, 0.3) is 0 Å². The minimum Gasteiger partial charge on any atom is -0.550 e. The van der Waals surface area contributed by atoms with Crippen LogP contribution in [0.15, 0.2) is 0 Å². The van der Waals surface area contributed by atoms with Crippen molar-refractivity contribution in [1.29, 1.82) is 0 Å². The summed E-state index contributed by atoms with van der Waals surface area (Å²) in [6.07, 6.45) is 0.0764. The van der Waals surface area contributed by atoms with E-state index in [0.717, 1.165) is 25.9 Å². The van der Waals surface area contributed by atoms with Gasteiger partial charge in [0.15, 0.2) is 0 Å². The second kappa shape index (κ2) is 33.6. The number of carbonyl (C=O) groups excluding carboxylic acids is 4. The van der Waals surface area contributed by atoms with Crippen molar-refractivity contribution in [2.45, 2.75) is 25.7 Å². The molecule has 0 saturated heterocycles. The number of carboxylic acids is 4. The third kappa shape index (κ3) is 83.6. The molecule has 0 saturated carbocycles. The van der Waals surface area contributed by atoms with Gasteiger partial charge >= 0.3 is 42.1 Å². The summed E-state index contributed by atoms with van der Waals surface area (Å²) in [5, 5.41) is 37.1. The summed E-state index contributed by atoms with van der Waals surface area (Å²) in [7, 11) is 0. The van der Waals surface area contributed by atoms with E-state index in [2.05, 4.69) is 0 Å². The van der Waals surface area contributed by atoms with Gasteiger partial charge in [-0.3, -0.25) is 0 Å². The van der Waals surface area contributed by atoms with Gasteiger partial charge in [-0.2, -0.15) is 0 Å². The minimum absolute atomic E-state index is 0. The fourth-order valence-electron chi connectivity index (χ4n) is 0.524. The normalized spacial score (nSPS) is 6.92. The molecule has 0 aromatic heterocycles. The summed E-state index contributed by atoms with van der Waals surface area (Å²) in [6, 6.07) is 0. The molecule has 0 radical (unpaired) electrons. The fourth-order valence-corrected chi connectivity index (χ4v) is 0.524. The Morgan fingerprint density at radius 1 is 0.583 bits per heavy atom. The number of carbonyl (C=O) groups is 4. The monoisotopic (exact) mass is 716 g/mol. The van der Waals surface area contributed by atoms with Gasteiger partial charge in [-0.25, -0.2) is 0 Å². The third-order valence-electron chi connectivity index (χ3n) is 1.24. The van der Waals surface area contributed by atoms with Crippen molar-refractivity contribution in [2.75, 3.05) is 13.1 Å². The largest absolute Gasteiger partial charge is 2.00 e. The predicted octanol–water partition coefficient (Wildman–Crippen LogP) is -6.24. The Kier molecular flexibility index (Phi) is 61.0. The van der Waals surface area contributed by atoms with Crippen LogP contribution in [0.2, 0.25) is 0 Å². The first-order valence-electron chi connectivity index (χ1n) is 5.36. The molecule has 0 rings (SSSR count). The molecule has 0 aliphatic heterocycles. The maximum absolute atomic E-state index is 9.28. The van der Waals surface area contributed by atoms with Gasteiger partial charge in [0.05, 0.1) is 0 Å². The number of nitrogens with two attached hydrogens (primary N) is 2. The minimum atomic E-state index is -1.63. The third-order valence-corrected chi connectivity index (χ3v) is 1.24. The molecular formula is C10H22N4O8Pt2. The van der Waals surface area contributed by atoms with Crippen LogP contribution in [0.5, 0.6) is 0 Å². The van der Waals surface area contributed by atoms with Crippen LogP contribution >= 0.6 is 0 Å². The molecule has 0 atom stereocenters. The quantitative estimate of drug-likeness (QED) is 0.141. The number of carboxylic acid groups (broad SMARTS) is 4. The zero-order chi connectivity index (χ0) is 16.6. The zero-order valence-corrected chi connectivity index (χ0v) is 17.3. The molecule has 0 unspecified atom stereocenters. The standard InChI is InChI=1S/C4H12N2.2C3H4O4.2H3N.2Pt/c5-3-1-2-4-6;2*4-2(5)1-3(6)7;;;;/h1-6H2;2*1H2,(H,4,5)(H,6,7);2*1H3;;/q;;;;;2*+2/p-4. The Balaban J connectivity index is -0.0000000334. The molecule has 0 fully saturated rings. The molecule has 0 aromatic carbocycles. The molecule has 150 valence electrons. The van der Waals surface area contributed by atoms with Crippen LogP contribution in [-0.4, -0.2) is 37.0 Å². The molecular weight excluding hydrogens is 694 g/mol. The number of hydrogen-bond acceptors (Lipinski definition) is 12. The van der Waals surface area contributed by atoms with Crippen molar-refractivity contribution in [3.05, 3.63) is 0 Å². The van der Waals surface area contributed by atoms with Gasteiger partial charge in [-0.1, -0.05) is 0 Å². The van der Waals surface area contributed by atoms with Crippen molar-refractivity contribution < 1.29 is 81.7 Å². The van der Waals surface area contributed by atoms with Crippen molar-refractivity contribution in [3.8, 4) is 0 Å². The van der Waals surface area contributed by atoms with Gasteiger partial charge < -0.3 is 63.4 Å². The summed E-state index contributed by atoms with van der Waals surface area (Å²) >= 11 is 0. The van der Waals surface area contributed by atoms with Gasteiger partial charge in [0.25, 0.3) is 0 Å². The van der Waals surface area contributed by atoms with E-state index in [1.54, 1.807) is 0 Å². The Hall–Kier alpha value is -0.903. The fraction of sp³-hybridized carbons (Fsp3) is 0.600. The second-order valence-corrected chi connectivity index (χ2v) is 3.13. The average molecular weight is 716 g/mol. The van der Waals surface area contributed by atoms with E-state index in [4.69, 9.17) is 11.5 Å². The Morgan fingerprint density at radius 2 is 0.750 bits per heavy atom. The van der Waals surface area contributed by atoms with E-state index in [1.807, 2.05) is 0 Å². The molecule has 0 heterocycles. The predicted molar refractivity (Wildman–Crippen MR) is 66.6 cm³/mol. The van der Waals surface area contributed by atoms with E-state index in [-0.39, 0.29) is 54.4 Å². The molecule has 0 spiro atoms. The number of unbranched alkanes of at least 4 members (excludes halogenated alkanes) is 1. The van der Waals surface area contributed by atoms with Crippen LogP contribution < -0.4 is 44.2 Å². The first kappa shape index (κ1) is 43.5. The van der Waals surface area contributed by atoms with Gasteiger partial charge in [0.2, 0.25) is 0 Å². The van der Waals surface area contributed by atoms with Gasteiger partial charge in [0, 0.05) is 36.7 Å². The topological polar surface area (TPSA) is 283 Å². The molecule has 12 nitrogen and oxygen atoms in total. The molecule has 0 bridgehead atoms. The maximum Gasteiger partial charge on any atom is 2.00 e. The summed E-state index contributed by atoms with van der Waals surface area (Å²) in [5.74, 6) is -6.50. The van der Waals surface area contributed by atoms with Crippen molar-refractivity contribution >= 4 is 23.9 Å². The van der Waals surface area contributed by atoms with Gasteiger partial charge in [-0.15, -0.1) is 0 Å². The van der Waals surface area contributed by atoms with Crippen LogP contribution in [0.3, 0.4) is 0 Å². The first-order valence-corrected chi connectivity index (χ1v) is 5.36. The number of rotatable bonds is 7. The first-order chi connectivity index (χ1) is 9.17. The number of hydrogen-bond donors (Lipinski definition) is 4. The Bertz CT molecular complexity index is 267. The summed E-state index contributed by atoms with van der Waals surface area (Å²) < 4.78 is 0. The van der Waals surface area contributed by atoms with Crippen molar-refractivity contribution in [2.24, 2.45) is 11.5 Å². The van der Waals surface area contributed by atoms with Gasteiger partial charge in [0.1, 0.15) is 0 Å². The molecule has 14 heteroatoms. The zero-order valence-electron chi connectivity index (χ0n) is 12.7. The summed E-state index contributed by atoms with van der Waals surface area (Å²) in [5.41, 5.74) is 10.3. The SMILES string of the molecule is N.N.NCCCCN.O=C([O-])CC(=O)[O-].O=C([O-])CC(=O)[O-].[Pt+2].[Pt+2]. The van der Waals surface area contributed by atoms with E-state index in [0.29, 0.717) is 0 Å². The number of aliphatic carboxylic acids is 4. The smallest absolute Gasteiger partial charge is 0.550 e. The molecule has 0 amide bonds. The van der Waals surface area contributed by atoms with Crippen LogP contribution in [-0.2, 0) is 61.3 Å². The van der Waals surface area contributed by atoms with Crippen molar-refractivity contribution in [3.63, 3.8) is 0 Å². The summed E-state index contributed by atoms with van der Waals surface area (Å²) in [6.45, 7) is 1.55. The Labute approximate surface area is 168 Å². The molecule has 0 aromatic rings. The molecule has 10 N–H and O–H groups in total. The molecule has 24 heavy (non-hydrogen) atoms. The van der Waals surface area contributed by atoms with Crippen LogP contribution in [0, 0.1) is 0 Å². The molecule has 0 aliphatic rings. The second-order valence-electron chi connectivity index (χ2n) is 3.13. The molecule has 0 aliphatic carbocycles. The van der Waals surface area contributed by atoms with Crippen molar-refractivity contribution in [1.82, 2.24) is 12.3 Å². The Morgan fingerprint density at radius 3 is 0.792 bits per heavy atom. The average Bonchev–Trinajstić information content (AvgIpc) is 2.24. The summed E-state index contributed by atoms with van der Waals surface area (Å²) in [4.78, 5) is 37.1. The van der Waals surface area contributed by atoms with Crippen LogP contribution in [0.1, 0.15) is 25.7 Å². The van der Waals surface area contributed by atoms with E-state index >= 15 is 0 Å².